The fraction of sp³-hybridized carbons (Fsp3) is 1.00. The lowest BCUT2D eigenvalue weighted by Crippen LogP contribution is -2.40. The molecule has 0 radical (unpaired) electrons. The van der Waals surface area contributed by atoms with E-state index in [1.165, 1.54) is 6.42 Å². The summed E-state index contributed by atoms with van der Waals surface area (Å²) in [6.07, 6.45) is 1.27. The quantitative estimate of drug-likeness (QED) is 0.575. The second-order valence-corrected chi connectivity index (χ2v) is 4.30. The van der Waals surface area contributed by atoms with E-state index >= 15 is 0 Å². The van der Waals surface area contributed by atoms with Crippen LogP contribution in [-0.4, -0.2) is 37.4 Å². The van der Waals surface area contributed by atoms with Gasteiger partial charge in [-0.2, -0.15) is 0 Å². The van der Waals surface area contributed by atoms with Gasteiger partial charge in [0.05, 0.1) is 6.61 Å². The van der Waals surface area contributed by atoms with Gasteiger partial charge in [0.15, 0.2) is 0 Å². The van der Waals surface area contributed by atoms with E-state index in [4.69, 9.17) is 5.11 Å². The van der Waals surface area contributed by atoms with E-state index in [0.29, 0.717) is 5.92 Å². The van der Waals surface area contributed by atoms with Crippen molar-refractivity contribution in [3.63, 3.8) is 0 Å². The van der Waals surface area contributed by atoms with Crippen molar-refractivity contribution in [2.45, 2.75) is 26.3 Å². The summed E-state index contributed by atoms with van der Waals surface area (Å²) in [5, 5.41) is 15.9. The largest absolute Gasteiger partial charge is 0.395 e. The van der Waals surface area contributed by atoms with E-state index in [1.807, 2.05) is 0 Å². The van der Waals surface area contributed by atoms with E-state index in [9.17, 15) is 0 Å². The number of aliphatic hydroxyl groups excluding tert-OH is 1. The third-order valence-corrected chi connectivity index (χ3v) is 2.83. The number of hydrogen-bond donors (Lipinski definition) is 3. The maximum Gasteiger partial charge on any atom is 0.0587 e. The Bertz CT molecular complexity index is 133. The maximum absolute atomic E-state index is 9.09. The summed E-state index contributed by atoms with van der Waals surface area (Å²) in [6.45, 7) is 7.84. The topological polar surface area (TPSA) is 44.3 Å². The zero-order chi connectivity index (χ0) is 9.68. The molecule has 1 saturated heterocycles. The molecule has 1 heterocycles. The maximum atomic E-state index is 9.09. The Morgan fingerprint density at radius 1 is 1.54 bits per heavy atom. The fourth-order valence-corrected chi connectivity index (χ4v) is 1.72. The minimum Gasteiger partial charge on any atom is -0.395 e. The van der Waals surface area contributed by atoms with Crippen molar-refractivity contribution in [3.8, 4) is 0 Å². The Morgan fingerprint density at radius 2 is 2.31 bits per heavy atom. The third-order valence-electron chi connectivity index (χ3n) is 2.83. The van der Waals surface area contributed by atoms with Crippen LogP contribution in [0.3, 0.4) is 0 Å². The molecule has 3 nitrogen and oxygen atoms in total. The van der Waals surface area contributed by atoms with Crippen LogP contribution in [0.15, 0.2) is 0 Å². The zero-order valence-corrected chi connectivity index (χ0v) is 8.71. The minimum absolute atomic E-state index is 0.248. The first kappa shape index (κ1) is 11.0. The summed E-state index contributed by atoms with van der Waals surface area (Å²) in [6, 6.07) is 0.264. The van der Waals surface area contributed by atoms with Gasteiger partial charge in [-0.25, -0.2) is 0 Å². The van der Waals surface area contributed by atoms with Gasteiger partial charge in [0, 0.05) is 6.04 Å². The molecule has 0 bridgehead atoms. The molecule has 0 spiro atoms. The minimum atomic E-state index is 0.248. The van der Waals surface area contributed by atoms with E-state index in [0.717, 1.165) is 25.6 Å². The second-order valence-electron chi connectivity index (χ2n) is 4.30. The molecule has 13 heavy (non-hydrogen) atoms. The summed E-state index contributed by atoms with van der Waals surface area (Å²) in [5.41, 5.74) is 0. The van der Waals surface area contributed by atoms with Crippen LogP contribution in [0.2, 0.25) is 0 Å². The van der Waals surface area contributed by atoms with Crippen LogP contribution in [0.1, 0.15) is 20.3 Å². The van der Waals surface area contributed by atoms with Gasteiger partial charge >= 0.3 is 0 Å². The van der Waals surface area contributed by atoms with Gasteiger partial charge in [0.2, 0.25) is 0 Å². The molecule has 0 aromatic heterocycles. The number of aliphatic hydroxyl groups is 1. The average Bonchev–Trinajstić information content (AvgIpc) is 2.57. The van der Waals surface area contributed by atoms with Gasteiger partial charge in [-0.3, -0.25) is 0 Å². The van der Waals surface area contributed by atoms with Gasteiger partial charge in [0.1, 0.15) is 0 Å². The molecule has 1 rings (SSSR count). The van der Waals surface area contributed by atoms with Crippen molar-refractivity contribution in [1.29, 1.82) is 0 Å². The van der Waals surface area contributed by atoms with Crippen molar-refractivity contribution in [1.82, 2.24) is 10.6 Å². The molecule has 1 aliphatic heterocycles. The van der Waals surface area contributed by atoms with Gasteiger partial charge in [-0.05, 0) is 37.9 Å². The molecule has 1 fully saturated rings. The summed E-state index contributed by atoms with van der Waals surface area (Å²) < 4.78 is 0. The summed E-state index contributed by atoms with van der Waals surface area (Å²) in [4.78, 5) is 0. The zero-order valence-electron chi connectivity index (χ0n) is 8.71. The highest BCUT2D eigenvalue weighted by atomic mass is 16.3. The van der Waals surface area contributed by atoms with Crippen LogP contribution >= 0.6 is 0 Å². The first-order valence-corrected chi connectivity index (χ1v) is 5.29. The van der Waals surface area contributed by atoms with E-state index in [2.05, 4.69) is 24.5 Å². The van der Waals surface area contributed by atoms with Crippen LogP contribution in [0.4, 0.5) is 0 Å². The highest BCUT2D eigenvalue weighted by Gasteiger charge is 2.17. The SMILES string of the molecule is CC(C)[C@@H](CO)NC[C@H]1CCNC1. The van der Waals surface area contributed by atoms with E-state index < -0.39 is 0 Å². The molecule has 78 valence electrons. The lowest BCUT2D eigenvalue weighted by Gasteiger charge is -2.21. The summed E-state index contributed by atoms with van der Waals surface area (Å²) in [7, 11) is 0. The molecule has 3 heteroatoms. The number of hydrogen-bond acceptors (Lipinski definition) is 3. The van der Waals surface area contributed by atoms with Crippen molar-refractivity contribution in [3.05, 3.63) is 0 Å². The fourth-order valence-electron chi connectivity index (χ4n) is 1.72. The Hall–Kier alpha value is -0.120. The van der Waals surface area contributed by atoms with Crippen LogP contribution in [0.25, 0.3) is 0 Å². The molecule has 0 aliphatic carbocycles. The molecular weight excluding hydrogens is 164 g/mol. The Balaban J connectivity index is 2.15. The third kappa shape index (κ3) is 3.63. The van der Waals surface area contributed by atoms with Gasteiger partial charge < -0.3 is 15.7 Å². The lowest BCUT2D eigenvalue weighted by molar-refractivity contribution is 0.206. The van der Waals surface area contributed by atoms with E-state index in [-0.39, 0.29) is 12.6 Å². The normalized spacial score (nSPS) is 25.4. The molecule has 0 amide bonds. The van der Waals surface area contributed by atoms with Crippen LogP contribution < -0.4 is 10.6 Å². The van der Waals surface area contributed by atoms with E-state index in [1.54, 1.807) is 0 Å². The van der Waals surface area contributed by atoms with Crippen molar-refractivity contribution in [2.24, 2.45) is 11.8 Å². The molecule has 3 N–H and O–H groups in total. The molecule has 0 aromatic rings. The highest BCUT2D eigenvalue weighted by molar-refractivity contribution is 4.76. The average molecular weight is 186 g/mol. The summed E-state index contributed by atoms with van der Waals surface area (Å²) in [5.74, 6) is 1.27. The molecule has 0 unspecified atom stereocenters. The van der Waals surface area contributed by atoms with Crippen LogP contribution in [-0.2, 0) is 0 Å². The first-order chi connectivity index (χ1) is 6.24. The van der Waals surface area contributed by atoms with Gasteiger partial charge in [-0.1, -0.05) is 13.8 Å². The Morgan fingerprint density at radius 3 is 2.77 bits per heavy atom. The van der Waals surface area contributed by atoms with Crippen molar-refractivity contribution < 1.29 is 5.11 Å². The molecule has 0 saturated carbocycles. The highest BCUT2D eigenvalue weighted by Crippen LogP contribution is 2.07. The predicted octanol–water partition coefficient (Wildman–Crippen LogP) is 0.202. The molecule has 1 aliphatic rings. The number of nitrogens with one attached hydrogen (secondary N) is 2. The molecular formula is C10H22N2O. The standard InChI is InChI=1S/C10H22N2O/c1-8(2)10(7-13)12-6-9-3-4-11-5-9/h8-13H,3-7H2,1-2H3/t9-,10+/m0/s1. The van der Waals surface area contributed by atoms with Crippen LogP contribution in [0, 0.1) is 11.8 Å². The smallest absolute Gasteiger partial charge is 0.0587 e. The monoisotopic (exact) mass is 186 g/mol. The lowest BCUT2D eigenvalue weighted by atomic mass is 10.0. The van der Waals surface area contributed by atoms with Gasteiger partial charge in [-0.15, -0.1) is 0 Å². The summed E-state index contributed by atoms with van der Waals surface area (Å²) >= 11 is 0. The Labute approximate surface area is 80.9 Å². The molecule has 2 atom stereocenters. The van der Waals surface area contributed by atoms with Crippen LogP contribution in [0.5, 0.6) is 0 Å². The van der Waals surface area contributed by atoms with Crippen molar-refractivity contribution in [2.75, 3.05) is 26.2 Å². The molecule has 0 aromatic carbocycles. The van der Waals surface area contributed by atoms with Crippen molar-refractivity contribution >= 4 is 0 Å². The first-order valence-electron chi connectivity index (χ1n) is 5.29. The second kappa shape index (κ2) is 5.58. The predicted molar refractivity (Wildman–Crippen MR) is 54.7 cm³/mol. The number of rotatable bonds is 5. The van der Waals surface area contributed by atoms with Gasteiger partial charge in [0.25, 0.3) is 0 Å². The Kier molecular flexibility index (Phi) is 4.70.